The van der Waals surface area contributed by atoms with Gasteiger partial charge in [0.05, 0.1) is 5.41 Å². The standard InChI is InChI=1S/C37H45NO5/c1-24-20-31-33-14-16-37(15-7-19-39,34(42)23-43-25(2)40)36(33,3)22-32(35(31)29-13-12-28(41)21-30(24)29)26-8-10-27(11-9-26)38-17-5-4-6-18-38/h8-11,21,24,31-33,39H,4-6,12-14,16-20,22-23H2,1-3H3/t24?,31-,32+,33-,36-,37+/m0/s1. The number of fused-ring (bicyclic) bond motifs is 4. The summed E-state index contributed by atoms with van der Waals surface area (Å²) in [7, 11) is 0. The zero-order valence-electron chi connectivity index (χ0n) is 25.9. The first-order valence-corrected chi connectivity index (χ1v) is 16.3. The topological polar surface area (TPSA) is 83.9 Å². The summed E-state index contributed by atoms with van der Waals surface area (Å²) in [6, 6.07) is 9.10. The van der Waals surface area contributed by atoms with E-state index >= 15 is 0 Å². The quantitative estimate of drug-likeness (QED) is 0.341. The van der Waals surface area contributed by atoms with E-state index in [0.717, 1.165) is 38.8 Å². The fraction of sp³-hybridized carbons (Fsp3) is 0.595. The molecule has 0 radical (unpaired) electrons. The van der Waals surface area contributed by atoms with Gasteiger partial charge in [0, 0.05) is 38.0 Å². The third-order valence-corrected chi connectivity index (χ3v) is 11.6. The van der Waals surface area contributed by atoms with Crippen molar-refractivity contribution in [2.24, 2.45) is 28.6 Å². The van der Waals surface area contributed by atoms with Crippen LogP contribution >= 0.6 is 0 Å². The Balaban J connectivity index is 1.47. The van der Waals surface area contributed by atoms with Gasteiger partial charge in [0.25, 0.3) is 0 Å². The molecule has 0 amide bonds. The minimum atomic E-state index is -1.00. The van der Waals surface area contributed by atoms with Crippen LogP contribution in [0.2, 0.25) is 0 Å². The number of nitrogens with zero attached hydrogens (tertiary/aromatic N) is 1. The van der Waals surface area contributed by atoms with Crippen LogP contribution in [0, 0.1) is 40.4 Å². The molecule has 5 aliphatic rings. The summed E-state index contributed by atoms with van der Waals surface area (Å²) in [4.78, 5) is 40.8. The predicted molar refractivity (Wildman–Crippen MR) is 166 cm³/mol. The van der Waals surface area contributed by atoms with Crippen LogP contribution in [0.15, 0.2) is 47.1 Å². The Morgan fingerprint density at radius 3 is 2.56 bits per heavy atom. The SMILES string of the molecule is CC(=O)OCC(=O)[C@@]1(C#CCO)CC[C@H]2[C@@H]3CC(C)C4=CC(=O)CCC4=C3[C@@H](c3ccc(N4CCCCC4)cc3)C[C@@]21C. The number of rotatable bonds is 5. The van der Waals surface area contributed by atoms with Gasteiger partial charge >= 0.3 is 5.97 Å². The average molecular weight is 584 g/mol. The third-order valence-electron chi connectivity index (χ3n) is 11.6. The average Bonchev–Trinajstić information content (AvgIpc) is 3.32. The van der Waals surface area contributed by atoms with E-state index in [0.29, 0.717) is 12.8 Å². The van der Waals surface area contributed by atoms with E-state index in [2.05, 4.69) is 54.9 Å². The molecule has 1 heterocycles. The molecule has 43 heavy (non-hydrogen) atoms. The maximum absolute atomic E-state index is 14.1. The van der Waals surface area contributed by atoms with Gasteiger partial charge in [0.2, 0.25) is 0 Å². The van der Waals surface area contributed by atoms with Crippen molar-refractivity contribution in [1.82, 2.24) is 0 Å². The number of benzene rings is 1. The molecule has 228 valence electrons. The van der Waals surface area contributed by atoms with Crippen molar-refractivity contribution >= 4 is 23.2 Å². The van der Waals surface area contributed by atoms with Gasteiger partial charge in [-0.05, 0) is 109 Å². The van der Waals surface area contributed by atoms with Crippen molar-refractivity contribution < 1.29 is 24.2 Å². The highest BCUT2D eigenvalue weighted by atomic mass is 16.5. The molecule has 2 saturated carbocycles. The zero-order chi connectivity index (χ0) is 30.4. The summed E-state index contributed by atoms with van der Waals surface area (Å²) >= 11 is 0. The highest BCUT2D eigenvalue weighted by Crippen LogP contribution is 2.70. The number of ether oxygens (including phenoxy) is 1. The van der Waals surface area contributed by atoms with Crippen molar-refractivity contribution in [2.45, 2.75) is 84.5 Å². The molecular formula is C37H45NO5. The monoisotopic (exact) mass is 583 g/mol. The van der Waals surface area contributed by atoms with Crippen LogP contribution in [0.4, 0.5) is 5.69 Å². The molecule has 1 aromatic carbocycles. The number of ketones is 2. The first kappa shape index (κ1) is 29.9. The Kier molecular flexibility index (Phi) is 8.15. The second-order valence-corrected chi connectivity index (χ2v) is 13.8. The molecule has 0 bridgehead atoms. The van der Waals surface area contributed by atoms with Gasteiger partial charge in [-0.2, -0.15) is 0 Å². The van der Waals surface area contributed by atoms with Crippen molar-refractivity contribution in [3.05, 3.63) is 52.6 Å². The lowest BCUT2D eigenvalue weighted by Gasteiger charge is -2.55. The van der Waals surface area contributed by atoms with E-state index in [-0.39, 0.29) is 48.5 Å². The number of anilines is 1. The van der Waals surface area contributed by atoms with E-state index in [1.54, 1.807) is 0 Å². The Labute approximate surface area is 255 Å². The van der Waals surface area contributed by atoms with Crippen LogP contribution in [0.3, 0.4) is 0 Å². The normalized spacial score (nSPS) is 33.4. The largest absolute Gasteiger partial charge is 0.458 e. The highest BCUT2D eigenvalue weighted by Gasteiger charge is 2.66. The van der Waals surface area contributed by atoms with Crippen LogP contribution in [0.1, 0.15) is 90.0 Å². The highest BCUT2D eigenvalue weighted by molar-refractivity contribution is 5.93. The number of hydrogen-bond donors (Lipinski definition) is 1. The number of hydrogen-bond acceptors (Lipinski definition) is 6. The summed E-state index contributed by atoms with van der Waals surface area (Å²) < 4.78 is 5.26. The van der Waals surface area contributed by atoms with Gasteiger partial charge in [-0.3, -0.25) is 14.4 Å². The van der Waals surface area contributed by atoms with E-state index in [9.17, 15) is 19.5 Å². The molecule has 0 aromatic heterocycles. The number of piperidine rings is 1. The first-order valence-electron chi connectivity index (χ1n) is 16.3. The summed E-state index contributed by atoms with van der Waals surface area (Å²) in [6.45, 7) is 7.38. The van der Waals surface area contributed by atoms with Crippen LogP contribution < -0.4 is 4.90 Å². The van der Waals surface area contributed by atoms with Gasteiger partial charge in [0.15, 0.2) is 18.2 Å². The molecule has 3 fully saturated rings. The Morgan fingerprint density at radius 1 is 1.12 bits per heavy atom. The van der Waals surface area contributed by atoms with E-state index < -0.39 is 16.8 Å². The molecule has 4 aliphatic carbocycles. The van der Waals surface area contributed by atoms with E-state index in [1.165, 1.54) is 54.2 Å². The van der Waals surface area contributed by atoms with Gasteiger partial charge < -0.3 is 14.7 Å². The molecular weight excluding hydrogens is 538 g/mol. The second kappa shape index (κ2) is 11.7. The van der Waals surface area contributed by atoms with Crippen LogP contribution in [-0.2, 0) is 19.1 Å². The third kappa shape index (κ3) is 5.08. The van der Waals surface area contributed by atoms with Gasteiger partial charge in [0.1, 0.15) is 6.61 Å². The molecule has 6 rings (SSSR count). The van der Waals surface area contributed by atoms with Crippen molar-refractivity contribution in [3.8, 4) is 11.8 Å². The molecule has 1 N–H and O–H groups in total. The van der Waals surface area contributed by atoms with Crippen molar-refractivity contribution in [3.63, 3.8) is 0 Å². The molecule has 0 spiro atoms. The summed E-state index contributed by atoms with van der Waals surface area (Å²) in [5.74, 6) is 6.61. The molecule has 1 aromatic rings. The second-order valence-electron chi connectivity index (χ2n) is 13.8. The zero-order valence-corrected chi connectivity index (χ0v) is 25.9. The van der Waals surface area contributed by atoms with Crippen LogP contribution in [0.25, 0.3) is 0 Å². The summed E-state index contributed by atoms with van der Waals surface area (Å²) in [5, 5.41) is 9.74. The first-order chi connectivity index (χ1) is 20.7. The molecule has 6 atom stereocenters. The number of esters is 1. The summed E-state index contributed by atoms with van der Waals surface area (Å²) in [6.07, 6.45) is 10.1. The minimum absolute atomic E-state index is 0.0932. The van der Waals surface area contributed by atoms with E-state index in [4.69, 9.17) is 4.74 Å². The number of Topliss-reactive ketones (excluding diaryl/α,β-unsaturated/α-hetero) is 1. The number of carbonyl (C=O) groups excluding carboxylic acids is 3. The number of aliphatic hydroxyl groups is 1. The lowest BCUT2D eigenvalue weighted by atomic mass is 9.47. The fourth-order valence-corrected chi connectivity index (χ4v) is 9.56. The van der Waals surface area contributed by atoms with Gasteiger partial charge in [-0.15, -0.1) is 0 Å². The maximum Gasteiger partial charge on any atom is 0.303 e. The predicted octanol–water partition coefficient (Wildman–Crippen LogP) is 5.94. The molecule has 6 nitrogen and oxygen atoms in total. The molecule has 1 unspecified atom stereocenters. The molecule has 1 aliphatic heterocycles. The van der Waals surface area contributed by atoms with E-state index in [1.807, 2.05) is 6.08 Å². The lowest BCUT2D eigenvalue weighted by Crippen LogP contribution is -2.52. The Bertz CT molecular complexity index is 1420. The number of carbonyl (C=O) groups is 3. The van der Waals surface area contributed by atoms with Crippen molar-refractivity contribution in [1.29, 1.82) is 0 Å². The summed E-state index contributed by atoms with van der Waals surface area (Å²) in [5.41, 5.74) is 5.12. The maximum atomic E-state index is 14.1. The smallest absolute Gasteiger partial charge is 0.303 e. The Hall–Kier alpha value is -3.17. The number of aliphatic hydroxyl groups excluding tert-OH is 1. The fourth-order valence-electron chi connectivity index (χ4n) is 9.56. The van der Waals surface area contributed by atoms with Crippen molar-refractivity contribution in [2.75, 3.05) is 31.2 Å². The van der Waals surface area contributed by atoms with Gasteiger partial charge in [-0.1, -0.05) is 43.4 Å². The lowest BCUT2D eigenvalue weighted by molar-refractivity contribution is -0.150. The minimum Gasteiger partial charge on any atom is -0.458 e. The van der Waals surface area contributed by atoms with Gasteiger partial charge in [-0.25, -0.2) is 0 Å². The number of allylic oxidation sites excluding steroid dienone is 4. The molecule has 6 heteroatoms. The van der Waals surface area contributed by atoms with Crippen LogP contribution in [-0.4, -0.2) is 48.9 Å². The Morgan fingerprint density at radius 2 is 1.86 bits per heavy atom. The molecule has 1 saturated heterocycles. The van der Waals surface area contributed by atoms with Crippen LogP contribution in [0.5, 0.6) is 0 Å².